The fraction of sp³-hybridized carbons (Fsp3) is 0.250. The van der Waals surface area contributed by atoms with E-state index in [4.69, 9.17) is 4.99 Å². The van der Waals surface area contributed by atoms with Crippen LogP contribution in [0.5, 0.6) is 0 Å². The highest BCUT2D eigenvalue weighted by molar-refractivity contribution is 7.07. The third-order valence-corrected chi connectivity index (χ3v) is 5.01. The molecule has 0 spiro atoms. The van der Waals surface area contributed by atoms with Crippen molar-refractivity contribution in [3.63, 3.8) is 0 Å². The average Bonchev–Trinajstić information content (AvgIpc) is 2.90. The lowest BCUT2D eigenvalue weighted by Crippen LogP contribution is -2.16. The number of thiazole rings is 1. The van der Waals surface area contributed by atoms with Gasteiger partial charge in [0.25, 0.3) is 0 Å². The number of hydrogen-bond acceptors (Lipinski definition) is 2. The quantitative estimate of drug-likeness (QED) is 0.605. The van der Waals surface area contributed by atoms with Crippen LogP contribution >= 0.6 is 11.3 Å². The van der Waals surface area contributed by atoms with E-state index in [1.165, 1.54) is 17.7 Å². The van der Waals surface area contributed by atoms with E-state index in [9.17, 15) is 4.39 Å². The Balaban J connectivity index is 1.92. The third-order valence-electron chi connectivity index (χ3n) is 4.03. The predicted molar refractivity (Wildman–Crippen MR) is 98.3 cm³/mol. The van der Waals surface area contributed by atoms with Gasteiger partial charge in [0.2, 0.25) is 0 Å². The summed E-state index contributed by atoms with van der Waals surface area (Å²) in [5, 5.41) is 2.10. The molecule has 0 aliphatic rings. The summed E-state index contributed by atoms with van der Waals surface area (Å²) in [6.07, 6.45) is 0. The zero-order valence-corrected chi connectivity index (χ0v) is 15.0. The van der Waals surface area contributed by atoms with Crippen molar-refractivity contribution < 1.29 is 4.39 Å². The summed E-state index contributed by atoms with van der Waals surface area (Å²) in [5.74, 6) is 0.312. The van der Waals surface area contributed by atoms with Gasteiger partial charge in [-0.05, 0) is 48.2 Å². The molecule has 4 heteroatoms. The van der Waals surface area contributed by atoms with Crippen molar-refractivity contribution in [2.45, 2.75) is 33.2 Å². The first-order chi connectivity index (χ1) is 11.5. The first-order valence-electron chi connectivity index (χ1n) is 8.07. The van der Waals surface area contributed by atoms with E-state index >= 15 is 0 Å². The van der Waals surface area contributed by atoms with Gasteiger partial charge >= 0.3 is 0 Å². The number of hydrogen-bond donors (Lipinski definition) is 0. The molecule has 0 bridgehead atoms. The van der Waals surface area contributed by atoms with Crippen LogP contribution in [0.4, 0.5) is 10.1 Å². The van der Waals surface area contributed by atoms with E-state index in [0.29, 0.717) is 12.5 Å². The highest BCUT2D eigenvalue weighted by Crippen LogP contribution is 2.19. The molecule has 3 rings (SSSR count). The van der Waals surface area contributed by atoms with Crippen LogP contribution < -0.4 is 4.80 Å². The molecule has 0 saturated carbocycles. The maximum atomic E-state index is 13.1. The summed E-state index contributed by atoms with van der Waals surface area (Å²) in [6, 6.07) is 15.0. The fourth-order valence-electron chi connectivity index (χ4n) is 2.51. The molecule has 1 aromatic heterocycles. The molecule has 0 atom stereocenters. The Morgan fingerprint density at radius 2 is 1.71 bits per heavy atom. The van der Waals surface area contributed by atoms with Crippen LogP contribution in [0.2, 0.25) is 0 Å². The smallest absolute Gasteiger partial charge is 0.190 e. The van der Waals surface area contributed by atoms with Crippen molar-refractivity contribution in [2.24, 2.45) is 4.99 Å². The molecule has 0 amide bonds. The molecule has 0 fully saturated rings. The molecule has 124 valence electrons. The normalized spacial score (nSPS) is 12.1. The Labute approximate surface area is 146 Å². The highest BCUT2D eigenvalue weighted by atomic mass is 32.1. The van der Waals surface area contributed by atoms with Crippen molar-refractivity contribution in [2.75, 3.05) is 0 Å². The van der Waals surface area contributed by atoms with E-state index in [1.54, 1.807) is 11.3 Å². The maximum Gasteiger partial charge on any atom is 0.190 e. The summed E-state index contributed by atoms with van der Waals surface area (Å²) in [6.45, 7) is 7.14. The second-order valence-corrected chi connectivity index (χ2v) is 7.07. The number of rotatable bonds is 4. The summed E-state index contributed by atoms with van der Waals surface area (Å²) in [5.41, 5.74) is 4.49. The topological polar surface area (TPSA) is 17.3 Å². The lowest BCUT2D eigenvalue weighted by molar-refractivity contribution is 0.626. The SMILES string of the molecule is Cc1csc(=Nc2ccc(C(C)C)cc2)n1Cc1ccc(F)cc1. The second-order valence-electron chi connectivity index (χ2n) is 6.23. The highest BCUT2D eigenvalue weighted by Gasteiger charge is 2.04. The van der Waals surface area contributed by atoms with Gasteiger partial charge in [0.1, 0.15) is 5.82 Å². The average molecular weight is 340 g/mol. The van der Waals surface area contributed by atoms with Crippen molar-refractivity contribution in [1.82, 2.24) is 4.57 Å². The largest absolute Gasteiger partial charge is 0.317 e. The van der Waals surface area contributed by atoms with E-state index in [2.05, 4.69) is 55.0 Å². The molecule has 0 radical (unpaired) electrons. The van der Waals surface area contributed by atoms with Crippen LogP contribution in [0.15, 0.2) is 58.9 Å². The molecule has 0 aliphatic heterocycles. The first-order valence-corrected chi connectivity index (χ1v) is 8.95. The molecule has 0 aliphatic carbocycles. The van der Waals surface area contributed by atoms with Gasteiger partial charge in [-0.3, -0.25) is 0 Å². The van der Waals surface area contributed by atoms with Crippen molar-refractivity contribution in [3.05, 3.63) is 81.4 Å². The minimum atomic E-state index is -0.207. The lowest BCUT2D eigenvalue weighted by atomic mass is 10.0. The molecule has 2 aromatic carbocycles. The Morgan fingerprint density at radius 1 is 1.04 bits per heavy atom. The molecule has 1 heterocycles. The zero-order valence-electron chi connectivity index (χ0n) is 14.2. The summed E-state index contributed by atoms with van der Waals surface area (Å²) in [4.78, 5) is 5.74. The molecular weight excluding hydrogens is 319 g/mol. The zero-order chi connectivity index (χ0) is 17.1. The third kappa shape index (κ3) is 3.82. The van der Waals surface area contributed by atoms with Crippen LogP contribution in [-0.2, 0) is 6.54 Å². The summed E-state index contributed by atoms with van der Waals surface area (Å²) >= 11 is 1.63. The van der Waals surface area contributed by atoms with Crippen molar-refractivity contribution in [1.29, 1.82) is 0 Å². The van der Waals surface area contributed by atoms with Gasteiger partial charge < -0.3 is 4.57 Å². The molecule has 0 saturated heterocycles. The Morgan fingerprint density at radius 3 is 2.33 bits per heavy atom. The van der Waals surface area contributed by atoms with Gasteiger partial charge in [0.15, 0.2) is 4.80 Å². The van der Waals surface area contributed by atoms with E-state index in [0.717, 1.165) is 21.7 Å². The van der Waals surface area contributed by atoms with Gasteiger partial charge in [0.05, 0.1) is 12.2 Å². The number of benzene rings is 2. The van der Waals surface area contributed by atoms with Crippen molar-refractivity contribution >= 4 is 17.0 Å². The Bertz CT molecular complexity index is 871. The van der Waals surface area contributed by atoms with Crippen LogP contribution in [0, 0.1) is 12.7 Å². The van der Waals surface area contributed by atoms with E-state index < -0.39 is 0 Å². The fourth-order valence-corrected chi connectivity index (χ4v) is 3.41. The molecule has 3 aromatic rings. The Kier molecular flexibility index (Phi) is 4.95. The first kappa shape index (κ1) is 16.7. The molecule has 0 unspecified atom stereocenters. The van der Waals surface area contributed by atoms with E-state index in [1.807, 2.05) is 12.1 Å². The number of aryl methyl sites for hydroxylation is 1. The van der Waals surface area contributed by atoms with Crippen molar-refractivity contribution in [3.8, 4) is 0 Å². The molecule has 0 N–H and O–H groups in total. The summed E-state index contributed by atoms with van der Waals surface area (Å²) < 4.78 is 15.2. The van der Waals surface area contributed by atoms with E-state index in [-0.39, 0.29) is 5.82 Å². The Hall–Kier alpha value is -2.20. The van der Waals surface area contributed by atoms with Gasteiger partial charge in [-0.25, -0.2) is 9.38 Å². The molecular formula is C20H21FN2S. The maximum absolute atomic E-state index is 13.1. The standard InChI is InChI=1S/C20H21FN2S/c1-14(2)17-6-10-19(11-7-17)22-20-23(15(3)13-24-20)12-16-4-8-18(21)9-5-16/h4-11,13-14H,12H2,1-3H3. The number of aromatic nitrogens is 1. The predicted octanol–water partition coefficient (Wildman–Crippen LogP) is 5.40. The van der Waals surface area contributed by atoms with Gasteiger partial charge in [-0.2, -0.15) is 0 Å². The number of halogens is 1. The van der Waals surface area contributed by atoms with Gasteiger partial charge in [-0.15, -0.1) is 11.3 Å². The molecule has 24 heavy (non-hydrogen) atoms. The number of nitrogens with zero attached hydrogens (tertiary/aromatic N) is 2. The van der Waals surface area contributed by atoms with Gasteiger partial charge in [0, 0.05) is 11.1 Å². The van der Waals surface area contributed by atoms with Crippen LogP contribution in [0.1, 0.15) is 36.6 Å². The lowest BCUT2D eigenvalue weighted by Gasteiger charge is -2.07. The minimum Gasteiger partial charge on any atom is -0.317 e. The monoisotopic (exact) mass is 340 g/mol. The van der Waals surface area contributed by atoms with Crippen LogP contribution in [-0.4, -0.2) is 4.57 Å². The second kappa shape index (κ2) is 7.14. The van der Waals surface area contributed by atoms with Crippen LogP contribution in [0.25, 0.3) is 0 Å². The minimum absolute atomic E-state index is 0.207. The molecule has 2 nitrogen and oxygen atoms in total. The van der Waals surface area contributed by atoms with Crippen LogP contribution in [0.3, 0.4) is 0 Å². The van der Waals surface area contributed by atoms with Gasteiger partial charge in [-0.1, -0.05) is 38.1 Å². The summed E-state index contributed by atoms with van der Waals surface area (Å²) in [7, 11) is 0.